The molecule has 7 nitrogen and oxygen atoms in total. The van der Waals surface area contributed by atoms with E-state index in [0.717, 1.165) is 41.6 Å². The van der Waals surface area contributed by atoms with Gasteiger partial charge in [-0.25, -0.2) is 9.97 Å². The van der Waals surface area contributed by atoms with Gasteiger partial charge in [0.05, 0.1) is 36.5 Å². The molecule has 1 saturated carbocycles. The number of aliphatic hydroxyl groups is 1. The molecule has 1 aliphatic rings. The van der Waals surface area contributed by atoms with Crippen molar-refractivity contribution < 1.29 is 5.11 Å². The quantitative estimate of drug-likeness (QED) is 0.768. The first-order chi connectivity index (χ1) is 11.8. The van der Waals surface area contributed by atoms with Crippen LogP contribution in [-0.2, 0) is 0 Å². The van der Waals surface area contributed by atoms with Gasteiger partial charge in [-0.2, -0.15) is 10.4 Å². The molecule has 3 aromatic rings. The Hall–Kier alpha value is -2.72. The second-order valence-electron chi connectivity index (χ2n) is 6.26. The third-order valence-electron chi connectivity index (χ3n) is 4.89. The second kappa shape index (κ2) is 6.06. The van der Waals surface area contributed by atoms with E-state index in [-0.39, 0.29) is 18.1 Å². The van der Waals surface area contributed by atoms with Crippen LogP contribution in [-0.4, -0.2) is 35.9 Å². The average molecular weight is 322 g/mol. The highest BCUT2D eigenvalue weighted by atomic mass is 16.3. The van der Waals surface area contributed by atoms with Crippen molar-refractivity contribution in [2.75, 3.05) is 0 Å². The zero-order valence-corrected chi connectivity index (χ0v) is 13.1. The fourth-order valence-electron chi connectivity index (χ4n) is 3.70. The molecular weight excluding hydrogens is 304 g/mol. The molecule has 0 aliphatic heterocycles. The van der Waals surface area contributed by atoms with Crippen LogP contribution in [0.4, 0.5) is 0 Å². The summed E-state index contributed by atoms with van der Waals surface area (Å²) in [6.07, 6.45) is 9.76. The summed E-state index contributed by atoms with van der Waals surface area (Å²) >= 11 is 0. The third kappa shape index (κ3) is 2.45. The van der Waals surface area contributed by atoms with Crippen molar-refractivity contribution in [3.8, 4) is 17.3 Å². The standard InChI is InChI=1S/C17H18N6O/c18-6-4-14(12-2-1-3-15(12)24)23-9-11(8-22-23)16-13-5-7-19-17(13)21-10-20-16/h5,7-10,12,14-15,24H,1-4H2,(H,19,20,21)/t12?,14-,15?/m0/s1. The van der Waals surface area contributed by atoms with E-state index in [1.165, 1.54) is 6.33 Å². The van der Waals surface area contributed by atoms with Gasteiger partial charge in [0.15, 0.2) is 0 Å². The summed E-state index contributed by atoms with van der Waals surface area (Å²) in [6, 6.07) is 4.07. The second-order valence-corrected chi connectivity index (χ2v) is 6.26. The summed E-state index contributed by atoms with van der Waals surface area (Å²) in [4.78, 5) is 11.7. The van der Waals surface area contributed by atoms with Crippen molar-refractivity contribution in [1.29, 1.82) is 5.26 Å². The number of nitriles is 1. The van der Waals surface area contributed by atoms with Crippen LogP contribution in [0.3, 0.4) is 0 Å². The first kappa shape index (κ1) is 14.8. The van der Waals surface area contributed by atoms with Gasteiger partial charge in [0, 0.05) is 29.3 Å². The molecule has 24 heavy (non-hydrogen) atoms. The molecule has 7 heteroatoms. The number of aliphatic hydroxyl groups excluding tert-OH is 1. The lowest BCUT2D eigenvalue weighted by molar-refractivity contribution is 0.0977. The van der Waals surface area contributed by atoms with Gasteiger partial charge >= 0.3 is 0 Å². The Bertz CT molecular complexity index is 892. The van der Waals surface area contributed by atoms with E-state index in [0.29, 0.717) is 6.42 Å². The molecule has 1 aliphatic carbocycles. The summed E-state index contributed by atoms with van der Waals surface area (Å²) in [7, 11) is 0. The molecule has 3 aromatic heterocycles. The lowest BCUT2D eigenvalue weighted by Crippen LogP contribution is -2.26. The van der Waals surface area contributed by atoms with Gasteiger partial charge in [0.2, 0.25) is 0 Å². The SMILES string of the molecule is N#CC[C@@H](C1CCCC1O)n1cc(-c2ncnc3[nH]ccc23)cn1. The highest BCUT2D eigenvalue weighted by Gasteiger charge is 2.34. The number of rotatable bonds is 4. The van der Waals surface area contributed by atoms with Crippen LogP contribution in [0.15, 0.2) is 31.0 Å². The predicted octanol–water partition coefficient (Wildman–Crippen LogP) is 2.44. The highest BCUT2D eigenvalue weighted by Crippen LogP contribution is 2.37. The number of aromatic amines is 1. The van der Waals surface area contributed by atoms with Gasteiger partial charge in [0.1, 0.15) is 12.0 Å². The lowest BCUT2D eigenvalue weighted by atomic mass is 9.94. The maximum atomic E-state index is 10.2. The van der Waals surface area contributed by atoms with Crippen molar-refractivity contribution in [3.63, 3.8) is 0 Å². The summed E-state index contributed by atoms with van der Waals surface area (Å²) in [6.45, 7) is 0. The number of hydrogen-bond donors (Lipinski definition) is 2. The van der Waals surface area contributed by atoms with Gasteiger partial charge in [-0.05, 0) is 18.9 Å². The lowest BCUT2D eigenvalue weighted by Gasteiger charge is -2.24. The molecule has 1 fully saturated rings. The first-order valence-electron chi connectivity index (χ1n) is 8.15. The minimum atomic E-state index is -0.355. The maximum Gasteiger partial charge on any atom is 0.141 e. The molecular formula is C17H18N6O. The fourth-order valence-corrected chi connectivity index (χ4v) is 3.70. The molecule has 0 spiro atoms. The molecule has 0 saturated heterocycles. The first-order valence-corrected chi connectivity index (χ1v) is 8.15. The summed E-state index contributed by atoms with van der Waals surface area (Å²) in [5.74, 6) is 0.0788. The molecule has 0 bridgehead atoms. The van der Waals surface area contributed by atoms with Gasteiger partial charge in [-0.3, -0.25) is 4.68 Å². The van der Waals surface area contributed by atoms with Crippen molar-refractivity contribution in [3.05, 3.63) is 31.0 Å². The van der Waals surface area contributed by atoms with Crippen molar-refractivity contribution in [2.24, 2.45) is 5.92 Å². The van der Waals surface area contributed by atoms with Crippen LogP contribution in [0.2, 0.25) is 0 Å². The number of nitrogens with one attached hydrogen (secondary N) is 1. The van der Waals surface area contributed by atoms with Crippen molar-refractivity contribution >= 4 is 11.0 Å². The van der Waals surface area contributed by atoms with Gasteiger partial charge in [0.25, 0.3) is 0 Å². The van der Waals surface area contributed by atoms with Crippen LogP contribution < -0.4 is 0 Å². The largest absolute Gasteiger partial charge is 0.393 e. The normalized spacial score (nSPS) is 21.8. The number of H-pyrrole nitrogens is 1. The van der Waals surface area contributed by atoms with Gasteiger partial charge in [-0.15, -0.1) is 0 Å². The summed E-state index contributed by atoms with van der Waals surface area (Å²) in [5.41, 5.74) is 2.49. The van der Waals surface area contributed by atoms with Crippen molar-refractivity contribution in [2.45, 2.75) is 37.8 Å². The molecule has 0 aromatic carbocycles. The topological polar surface area (TPSA) is 103 Å². The summed E-state index contributed by atoms with van der Waals surface area (Å²) in [5, 5.41) is 24.8. The van der Waals surface area contributed by atoms with Gasteiger partial charge < -0.3 is 10.1 Å². The third-order valence-corrected chi connectivity index (χ3v) is 4.89. The molecule has 2 unspecified atom stereocenters. The molecule has 0 radical (unpaired) electrons. The van der Waals surface area contributed by atoms with E-state index in [1.807, 2.05) is 23.1 Å². The Kier molecular flexibility index (Phi) is 3.75. The zero-order valence-electron chi connectivity index (χ0n) is 13.1. The predicted molar refractivity (Wildman–Crippen MR) is 87.7 cm³/mol. The summed E-state index contributed by atoms with van der Waals surface area (Å²) < 4.78 is 1.82. The molecule has 0 amide bonds. The number of fused-ring (bicyclic) bond motifs is 1. The smallest absolute Gasteiger partial charge is 0.141 e. The monoisotopic (exact) mass is 322 g/mol. The van der Waals surface area contributed by atoms with E-state index in [9.17, 15) is 10.4 Å². The number of nitrogens with zero attached hydrogens (tertiary/aromatic N) is 5. The van der Waals surface area contributed by atoms with Crippen LogP contribution in [0.25, 0.3) is 22.3 Å². The minimum absolute atomic E-state index is 0.0788. The van der Waals surface area contributed by atoms with E-state index in [2.05, 4.69) is 26.1 Å². The minimum Gasteiger partial charge on any atom is -0.393 e. The van der Waals surface area contributed by atoms with Crippen LogP contribution in [0, 0.1) is 17.2 Å². The van der Waals surface area contributed by atoms with E-state index >= 15 is 0 Å². The van der Waals surface area contributed by atoms with E-state index in [4.69, 9.17) is 0 Å². The van der Waals surface area contributed by atoms with Crippen LogP contribution >= 0.6 is 0 Å². The number of aromatic nitrogens is 5. The van der Waals surface area contributed by atoms with Crippen LogP contribution in [0.1, 0.15) is 31.7 Å². The van der Waals surface area contributed by atoms with E-state index < -0.39 is 0 Å². The van der Waals surface area contributed by atoms with Crippen molar-refractivity contribution in [1.82, 2.24) is 24.7 Å². The van der Waals surface area contributed by atoms with E-state index in [1.54, 1.807) is 6.20 Å². The highest BCUT2D eigenvalue weighted by molar-refractivity contribution is 5.89. The maximum absolute atomic E-state index is 10.2. The molecule has 2 N–H and O–H groups in total. The van der Waals surface area contributed by atoms with Gasteiger partial charge in [-0.1, -0.05) is 6.42 Å². The average Bonchev–Trinajstić information content (AvgIpc) is 3.32. The molecule has 3 heterocycles. The van der Waals surface area contributed by atoms with Crippen LogP contribution in [0.5, 0.6) is 0 Å². The molecule has 4 rings (SSSR count). The Morgan fingerprint density at radius 1 is 1.42 bits per heavy atom. The zero-order chi connectivity index (χ0) is 16.5. The fraction of sp³-hybridized carbons (Fsp3) is 0.412. The number of hydrogen-bond acceptors (Lipinski definition) is 5. The Balaban J connectivity index is 1.70. The molecule has 122 valence electrons. The Labute approximate surface area is 139 Å². The Morgan fingerprint density at radius 2 is 2.33 bits per heavy atom. The Morgan fingerprint density at radius 3 is 3.12 bits per heavy atom. The molecule has 3 atom stereocenters.